The van der Waals surface area contributed by atoms with Gasteiger partial charge >= 0.3 is 0 Å². The van der Waals surface area contributed by atoms with Crippen molar-refractivity contribution >= 4 is 0 Å². The first-order valence-corrected chi connectivity index (χ1v) is 3.47. The lowest BCUT2D eigenvalue weighted by atomic mass is 10.2. The molecule has 0 aromatic heterocycles. The van der Waals surface area contributed by atoms with Crippen LogP contribution in [0.5, 0.6) is 0 Å². The largest absolute Gasteiger partial charge is 0.316 e. The Balaban J connectivity index is 2.76. The molecule has 0 unspecified atom stereocenters. The van der Waals surface area contributed by atoms with Gasteiger partial charge in [0, 0.05) is 6.54 Å². The maximum Gasteiger partial charge on any atom is 0.165 e. The van der Waals surface area contributed by atoms with Crippen molar-refractivity contribution in [2.24, 2.45) is 0 Å². The fourth-order valence-corrected chi connectivity index (χ4v) is 0.828. The lowest BCUT2D eigenvalue weighted by molar-refractivity contribution is 0.669. The third-order valence-corrected chi connectivity index (χ3v) is 1.33. The highest BCUT2D eigenvalue weighted by Crippen LogP contribution is 2.04. The number of hydrogen-bond donors (Lipinski definition) is 1. The maximum atomic E-state index is 12.5. The zero-order valence-corrected chi connectivity index (χ0v) is 6.39. The first kappa shape index (κ1) is 7.99. The second-order valence-corrected chi connectivity index (χ2v) is 2.27. The Hall–Kier alpha value is -1.11. The second kappa shape index (κ2) is 3.91. The third kappa shape index (κ3) is 2.54. The van der Waals surface area contributed by atoms with Crippen LogP contribution in [0.2, 0.25) is 0 Å². The van der Waals surface area contributed by atoms with Crippen LogP contribution in [0.4, 0.5) is 4.39 Å². The normalized spacial score (nSPS) is 15.8. The summed E-state index contributed by atoms with van der Waals surface area (Å²) in [4.78, 5) is 0. The zero-order chi connectivity index (χ0) is 8.10. The molecular weight excluding hydrogens is 141 g/mol. The van der Waals surface area contributed by atoms with Crippen LogP contribution in [0.1, 0.15) is 0 Å². The van der Waals surface area contributed by atoms with Crippen molar-refractivity contribution < 1.29 is 4.39 Å². The summed E-state index contributed by atoms with van der Waals surface area (Å²) in [6.45, 7) is 0.741. The molecule has 11 heavy (non-hydrogen) atoms. The summed E-state index contributed by atoms with van der Waals surface area (Å²) in [7, 11) is 1.85. The van der Waals surface area contributed by atoms with Gasteiger partial charge in [0.1, 0.15) is 0 Å². The number of hydrogen-bond acceptors (Lipinski definition) is 1. The molecule has 58 valence electrons. The van der Waals surface area contributed by atoms with Crippen molar-refractivity contribution in [1.29, 1.82) is 0 Å². The minimum atomic E-state index is -0.327. The van der Waals surface area contributed by atoms with Crippen molar-refractivity contribution in [3.8, 4) is 0 Å². The minimum Gasteiger partial charge on any atom is -0.316 e. The molecule has 1 aliphatic carbocycles. The summed E-state index contributed by atoms with van der Waals surface area (Å²) in [5.74, 6) is -0.327. The van der Waals surface area contributed by atoms with Crippen LogP contribution >= 0.6 is 0 Å². The standard InChI is InChI=1S/C9H10FN/c1-11-7-8-3-2-4-9(10)6-5-8/h2-5,11H,7H2,1H3. The average Bonchev–Trinajstić information content (AvgIpc) is 2.17. The van der Waals surface area contributed by atoms with Gasteiger partial charge in [-0.15, -0.1) is 0 Å². The predicted octanol–water partition coefficient (Wildman–Crippen LogP) is 1.71. The van der Waals surface area contributed by atoms with E-state index in [4.69, 9.17) is 0 Å². The molecule has 0 radical (unpaired) electrons. The molecule has 0 aromatic carbocycles. The molecule has 0 aliphatic heterocycles. The van der Waals surface area contributed by atoms with Crippen molar-refractivity contribution in [3.05, 3.63) is 41.4 Å². The highest BCUT2D eigenvalue weighted by atomic mass is 19.1. The van der Waals surface area contributed by atoms with Crippen molar-refractivity contribution in [2.75, 3.05) is 13.6 Å². The summed E-state index contributed by atoms with van der Waals surface area (Å²) in [5, 5.41) is 2.97. The lowest BCUT2D eigenvalue weighted by Crippen LogP contribution is -2.08. The highest BCUT2D eigenvalue weighted by molar-refractivity contribution is 5.31. The van der Waals surface area contributed by atoms with Crippen LogP contribution in [0.15, 0.2) is 41.4 Å². The van der Waals surface area contributed by atoms with Crippen LogP contribution in [0.25, 0.3) is 0 Å². The Morgan fingerprint density at radius 3 is 3.18 bits per heavy atom. The third-order valence-electron chi connectivity index (χ3n) is 1.33. The summed E-state index contributed by atoms with van der Waals surface area (Å²) in [6, 6.07) is 0. The molecule has 1 N–H and O–H groups in total. The van der Waals surface area contributed by atoms with E-state index in [1.54, 1.807) is 12.2 Å². The minimum absolute atomic E-state index is 0.327. The van der Waals surface area contributed by atoms with E-state index in [0.29, 0.717) is 0 Å². The quantitative estimate of drug-likeness (QED) is 0.592. The molecule has 2 heteroatoms. The predicted molar refractivity (Wildman–Crippen MR) is 43.9 cm³/mol. The van der Waals surface area contributed by atoms with Crippen LogP contribution in [0.3, 0.4) is 0 Å². The fraction of sp³-hybridized carbons (Fsp3) is 0.222. The van der Waals surface area contributed by atoms with Gasteiger partial charge in [0.15, 0.2) is 5.83 Å². The molecule has 1 aliphatic rings. The molecule has 1 rings (SSSR count). The Morgan fingerprint density at radius 2 is 2.45 bits per heavy atom. The van der Waals surface area contributed by atoms with E-state index in [0.717, 1.165) is 12.1 Å². The van der Waals surface area contributed by atoms with Crippen molar-refractivity contribution in [3.63, 3.8) is 0 Å². The van der Waals surface area contributed by atoms with E-state index in [1.807, 2.05) is 13.1 Å². The van der Waals surface area contributed by atoms with E-state index in [2.05, 4.69) is 11.0 Å². The molecular formula is C9H10FN. The monoisotopic (exact) mass is 151 g/mol. The van der Waals surface area contributed by atoms with Crippen molar-refractivity contribution in [2.45, 2.75) is 0 Å². The lowest BCUT2D eigenvalue weighted by Gasteiger charge is -1.95. The average molecular weight is 151 g/mol. The van der Waals surface area contributed by atoms with Gasteiger partial charge in [0.25, 0.3) is 0 Å². The SMILES string of the molecule is CNCC1=CC=CC(F)=C=C1. The summed E-state index contributed by atoms with van der Waals surface area (Å²) in [5.41, 5.74) is 3.53. The Labute approximate surface area is 65.6 Å². The van der Waals surface area contributed by atoms with Gasteiger partial charge in [-0.05, 0) is 24.8 Å². The van der Waals surface area contributed by atoms with Crippen LogP contribution in [0, 0.1) is 0 Å². The van der Waals surface area contributed by atoms with E-state index in [1.165, 1.54) is 6.08 Å². The molecule has 0 amide bonds. The van der Waals surface area contributed by atoms with Gasteiger partial charge in [-0.25, -0.2) is 0 Å². The van der Waals surface area contributed by atoms with E-state index < -0.39 is 0 Å². The molecule has 0 heterocycles. The highest BCUT2D eigenvalue weighted by Gasteiger charge is 1.91. The van der Waals surface area contributed by atoms with Gasteiger partial charge in [-0.3, -0.25) is 0 Å². The number of allylic oxidation sites excluding steroid dienone is 3. The molecule has 1 nitrogen and oxygen atoms in total. The summed E-state index contributed by atoms with van der Waals surface area (Å²) < 4.78 is 12.5. The Kier molecular flexibility index (Phi) is 2.84. The molecule has 0 saturated heterocycles. The molecule has 0 spiro atoms. The van der Waals surface area contributed by atoms with Gasteiger partial charge in [-0.1, -0.05) is 17.9 Å². The first-order chi connectivity index (χ1) is 5.33. The zero-order valence-electron chi connectivity index (χ0n) is 6.39. The summed E-state index contributed by atoms with van der Waals surface area (Å²) in [6.07, 6.45) is 6.57. The Bertz CT molecular complexity index is 255. The van der Waals surface area contributed by atoms with E-state index in [9.17, 15) is 4.39 Å². The molecule has 0 saturated carbocycles. The molecule has 0 atom stereocenters. The van der Waals surface area contributed by atoms with Gasteiger partial charge in [-0.2, -0.15) is 4.39 Å². The van der Waals surface area contributed by atoms with E-state index >= 15 is 0 Å². The fourth-order valence-electron chi connectivity index (χ4n) is 0.828. The second-order valence-electron chi connectivity index (χ2n) is 2.27. The first-order valence-electron chi connectivity index (χ1n) is 3.47. The van der Waals surface area contributed by atoms with Gasteiger partial charge in [0.05, 0.1) is 0 Å². The number of likely N-dealkylation sites (N-methyl/N-ethyl adjacent to an activating group) is 1. The van der Waals surface area contributed by atoms with Crippen LogP contribution < -0.4 is 5.32 Å². The molecule has 0 bridgehead atoms. The maximum absolute atomic E-state index is 12.5. The Morgan fingerprint density at radius 1 is 1.64 bits per heavy atom. The number of rotatable bonds is 2. The van der Waals surface area contributed by atoms with Crippen LogP contribution in [-0.2, 0) is 0 Å². The number of nitrogens with one attached hydrogen (secondary N) is 1. The topological polar surface area (TPSA) is 12.0 Å². The van der Waals surface area contributed by atoms with E-state index in [-0.39, 0.29) is 5.83 Å². The molecule has 0 fully saturated rings. The smallest absolute Gasteiger partial charge is 0.165 e. The van der Waals surface area contributed by atoms with Gasteiger partial charge in [0.2, 0.25) is 0 Å². The summed E-state index contributed by atoms with van der Waals surface area (Å²) >= 11 is 0. The number of halogens is 1. The molecule has 0 aromatic rings. The van der Waals surface area contributed by atoms with Gasteiger partial charge < -0.3 is 5.32 Å². The van der Waals surface area contributed by atoms with Crippen molar-refractivity contribution in [1.82, 2.24) is 5.32 Å². The van der Waals surface area contributed by atoms with Crippen LogP contribution in [-0.4, -0.2) is 13.6 Å².